The van der Waals surface area contributed by atoms with Gasteiger partial charge >= 0.3 is 0 Å². The highest BCUT2D eigenvalue weighted by molar-refractivity contribution is 6.19. The van der Waals surface area contributed by atoms with Gasteiger partial charge in [-0.3, -0.25) is 14.9 Å². The maximum atomic E-state index is 11.7. The summed E-state index contributed by atoms with van der Waals surface area (Å²) in [6, 6.07) is 3.98. The van der Waals surface area contributed by atoms with E-state index < -0.39 is 10.8 Å². The fourth-order valence-corrected chi connectivity index (χ4v) is 1.37. The highest BCUT2D eigenvalue weighted by Gasteiger charge is 2.16. The smallest absolute Gasteiger partial charge is 0.271 e. The first-order valence-electron chi connectivity index (χ1n) is 5.18. The topological polar surface area (TPSA) is 81.5 Å². The highest BCUT2D eigenvalue weighted by Crippen LogP contribution is 2.29. The Bertz CT molecular complexity index is 464. The van der Waals surface area contributed by atoms with E-state index in [4.69, 9.17) is 16.3 Å². The third-order valence-corrected chi connectivity index (χ3v) is 2.79. The van der Waals surface area contributed by atoms with E-state index >= 15 is 0 Å². The van der Waals surface area contributed by atoms with Crippen LogP contribution in [0.4, 0.5) is 11.4 Å². The van der Waals surface area contributed by atoms with Gasteiger partial charge in [-0.25, -0.2) is 0 Å². The standard InChI is InChI=1S/C11H13ClN2O4/c1-7(6-12)11(15)13-9-5-8(14(16)17)3-4-10(9)18-2/h3-5,7H,6H2,1-2H3,(H,13,15). The van der Waals surface area contributed by atoms with Crippen molar-refractivity contribution in [1.82, 2.24) is 0 Å². The number of alkyl halides is 1. The lowest BCUT2D eigenvalue weighted by atomic mass is 10.2. The van der Waals surface area contributed by atoms with E-state index in [9.17, 15) is 14.9 Å². The zero-order chi connectivity index (χ0) is 13.7. The van der Waals surface area contributed by atoms with Gasteiger partial charge in [0, 0.05) is 23.9 Å². The average molecular weight is 273 g/mol. The van der Waals surface area contributed by atoms with E-state index in [1.54, 1.807) is 6.92 Å². The first-order chi connectivity index (χ1) is 8.49. The first kappa shape index (κ1) is 14.2. The molecule has 1 aromatic rings. The Morgan fingerprint density at radius 2 is 2.28 bits per heavy atom. The number of carbonyl (C=O) groups excluding carboxylic acids is 1. The molecule has 1 rings (SSSR count). The molecule has 0 fully saturated rings. The number of nitrogens with zero attached hydrogens (tertiary/aromatic N) is 1. The third kappa shape index (κ3) is 3.33. The van der Waals surface area contributed by atoms with E-state index in [1.165, 1.54) is 25.3 Å². The molecule has 1 aromatic carbocycles. The van der Waals surface area contributed by atoms with Gasteiger partial charge in [0.1, 0.15) is 5.75 Å². The van der Waals surface area contributed by atoms with Gasteiger partial charge in [0.05, 0.1) is 17.7 Å². The summed E-state index contributed by atoms with van der Waals surface area (Å²) < 4.78 is 5.02. The second kappa shape index (κ2) is 6.20. The van der Waals surface area contributed by atoms with E-state index in [2.05, 4.69) is 5.32 Å². The van der Waals surface area contributed by atoms with Crippen molar-refractivity contribution >= 4 is 28.9 Å². The third-order valence-electron chi connectivity index (χ3n) is 2.33. The van der Waals surface area contributed by atoms with Gasteiger partial charge in [-0.15, -0.1) is 11.6 Å². The number of non-ortho nitro benzene ring substituents is 1. The molecule has 0 aromatic heterocycles. The molecule has 1 atom stereocenters. The van der Waals surface area contributed by atoms with Crippen LogP contribution in [0.1, 0.15) is 6.92 Å². The first-order valence-corrected chi connectivity index (χ1v) is 5.72. The number of rotatable bonds is 5. The lowest BCUT2D eigenvalue weighted by Gasteiger charge is -2.12. The van der Waals surface area contributed by atoms with Gasteiger partial charge in [0.2, 0.25) is 5.91 Å². The van der Waals surface area contributed by atoms with Gasteiger partial charge < -0.3 is 10.1 Å². The van der Waals surface area contributed by atoms with Crippen LogP contribution in [0.3, 0.4) is 0 Å². The molecule has 1 amide bonds. The van der Waals surface area contributed by atoms with Gasteiger partial charge in [-0.2, -0.15) is 0 Å². The summed E-state index contributed by atoms with van der Waals surface area (Å²) in [6.07, 6.45) is 0. The minimum Gasteiger partial charge on any atom is -0.495 e. The molecule has 0 bridgehead atoms. The molecule has 0 aliphatic rings. The van der Waals surface area contributed by atoms with Gasteiger partial charge in [0.25, 0.3) is 5.69 Å². The average Bonchev–Trinajstić information content (AvgIpc) is 2.37. The van der Waals surface area contributed by atoms with Crippen LogP contribution < -0.4 is 10.1 Å². The monoisotopic (exact) mass is 272 g/mol. The minimum absolute atomic E-state index is 0.121. The highest BCUT2D eigenvalue weighted by atomic mass is 35.5. The van der Waals surface area contributed by atoms with Crippen LogP contribution in [0.15, 0.2) is 18.2 Å². The summed E-state index contributed by atoms with van der Waals surface area (Å²) in [6.45, 7) is 1.66. The number of nitro groups is 1. The summed E-state index contributed by atoms with van der Waals surface area (Å²) in [7, 11) is 1.42. The second-order valence-corrected chi connectivity index (χ2v) is 3.99. The van der Waals surface area contributed by atoms with Crippen LogP contribution in [0.2, 0.25) is 0 Å². The zero-order valence-electron chi connectivity index (χ0n) is 9.97. The Morgan fingerprint density at radius 3 is 2.78 bits per heavy atom. The number of carbonyl (C=O) groups is 1. The molecule has 0 aliphatic heterocycles. The number of nitrogens with one attached hydrogen (secondary N) is 1. The number of hydrogen-bond donors (Lipinski definition) is 1. The largest absolute Gasteiger partial charge is 0.495 e. The number of halogens is 1. The van der Waals surface area contributed by atoms with E-state index in [0.29, 0.717) is 5.75 Å². The molecular formula is C11H13ClN2O4. The molecule has 0 aliphatic carbocycles. The fourth-order valence-electron chi connectivity index (χ4n) is 1.23. The van der Waals surface area contributed by atoms with Crippen molar-refractivity contribution < 1.29 is 14.5 Å². The quantitative estimate of drug-likeness (QED) is 0.507. The Balaban J connectivity index is 3.01. The number of methoxy groups -OCH3 is 1. The van der Waals surface area contributed by atoms with Crippen molar-refractivity contribution in [2.75, 3.05) is 18.3 Å². The molecule has 1 N–H and O–H groups in total. The summed E-state index contributed by atoms with van der Waals surface area (Å²) >= 11 is 5.57. The molecule has 0 spiro atoms. The van der Waals surface area contributed by atoms with E-state index in [1.807, 2.05) is 0 Å². The van der Waals surface area contributed by atoms with Crippen molar-refractivity contribution in [3.8, 4) is 5.75 Å². The lowest BCUT2D eigenvalue weighted by Crippen LogP contribution is -2.21. The van der Waals surface area contributed by atoms with Crippen LogP contribution >= 0.6 is 11.6 Å². The maximum Gasteiger partial charge on any atom is 0.271 e. The fraction of sp³-hybridized carbons (Fsp3) is 0.364. The zero-order valence-corrected chi connectivity index (χ0v) is 10.7. The predicted molar refractivity (Wildman–Crippen MR) is 68.2 cm³/mol. The summed E-state index contributed by atoms with van der Waals surface area (Å²) in [5.74, 6) is -0.182. The van der Waals surface area contributed by atoms with Gasteiger partial charge in [-0.1, -0.05) is 6.92 Å². The van der Waals surface area contributed by atoms with Crippen LogP contribution in [-0.2, 0) is 4.79 Å². The lowest BCUT2D eigenvalue weighted by molar-refractivity contribution is -0.384. The molecule has 6 nitrogen and oxygen atoms in total. The summed E-state index contributed by atoms with van der Waals surface area (Å²) in [5.41, 5.74) is 0.137. The molecule has 98 valence electrons. The van der Waals surface area contributed by atoms with Crippen LogP contribution in [0.5, 0.6) is 5.75 Å². The second-order valence-electron chi connectivity index (χ2n) is 3.69. The van der Waals surface area contributed by atoms with Crippen LogP contribution in [0, 0.1) is 16.0 Å². The normalized spacial score (nSPS) is 11.7. The number of ether oxygens (including phenoxy) is 1. The SMILES string of the molecule is COc1ccc([N+](=O)[O-])cc1NC(=O)C(C)CCl. The van der Waals surface area contributed by atoms with Gasteiger partial charge in [0.15, 0.2) is 0 Å². The Labute approximate surface area is 109 Å². The number of anilines is 1. The van der Waals surface area contributed by atoms with Crippen molar-refractivity contribution in [2.45, 2.75) is 6.92 Å². The maximum absolute atomic E-state index is 11.7. The van der Waals surface area contributed by atoms with Crippen molar-refractivity contribution in [2.24, 2.45) is 5.92 Å². The summed E-state index contributed by atoms with van der Waals surface area (Å²) in [4.78, 5) is 21.8. The molecule has 7 heteroatoms. The minimum atomic E-state index is -0.542. The molecule has 0 radical (unpaired) electrons. The van der Waals surface area contributed by atoms with Crippen molar-refractivity contribution in [1.29, 1.82) is 0 Å². The summed E-state index contributed by atoms with van der Waals surface area (Å²) in [5, 5.41) is 13.2. The van der Waals surface area contributed by atoms with Crippen molar-refractivity contribution in [3.05, 3.63) is 28.3 Å². The van der Waals surface area contributed by atoms with Crippen LogP contribution in [-0.4, -0.2) is 23.8 Å². The molecule has 0 saturated heterocycles. The Kier molecular flexibility index (Phi) is 4.91. The molecule has 0 heterocycles. The van der Waals surface area contributed by atoms with E-state index in [0.717, 1.165) is 0 Å². The van der Waals surface area contributed by atoms with Gasteiger partial charge in [-0.05, 0) is 6.07 Å². The molecular weight excluding hydrogens is 260 g/mol. The molecule has 18 heavy (non-hydrogen) atoms. The molecule has 1 unspecified atom stereocenters. The molecule has 0 saturated carbocycles. The predicted octanol–water partition coefficient (Wildman–Crippen LogP) is 2.42. The number of nitro benzene ring substituents is 1. The Hall–Kier alpha value is -1.82. The number of amides is 1. The van der Waals surface area contributed by atoms with E-state index in [-0.39, 0.29) is 23.2 Å². The van der Waals surface area contributed by atoms with Crippen LogP contribution in [0.25, 0.3) is 0 Å². The Morgan fingerprint density at radius 1 is 1.61 bits per heavy atom. The number of benzene rings is 1. The number of hydrogen-bond acceptors (Lipinski definition) is 4. The van der Waals surface area contributed by atoms with Crippen molar-refractivity contribution in [3.63, 3.8) is 0 Å².